The number of carbonyl (C=O) groups is 2. The van der Waals surface area contributed by atoms with Crippen molar-refractivity contribution in [2.45, 2.75) is 25.2 Å². The van der Waals surface area contributed by atoms with Crippen LogP contribution in [0.3, 0.4) is 0 Å². The van der Waals surface area contributed by atoms with Crippen LogP contribution in [0.5, 0.6) is 0 Å². The Balaban J connectivity index is 4.13. The fourth-order valence-corrected chi connectivity index (χ4v) is 0.767. The van der Waals surface area contributed by atoms with Crippen LogP contribution in [0.25, 0.3) is 0 Å². The van der Waals surface area contributed by atoms with Gasteiger partial charge in [-0.05, 0) is 0 Å². The molecule has 7 heteroatoms. The number of aliphatic hydroxyl groups is 4. The number of aliphatic hydroxyl groups excluding tert-OH is 4. The summed E-state index contributed by atoms with van der Waals surface area (Å²) in [7, 11) is 0. The second-order valence-corrected chi connectivity index (χ2v) is 2.93. The van der Waals surface area contributed by atoms with Gasteiger partial charge < -0.3 is 25.2 Å². The smallest absolute Gasteiger partial charge is 0.303 e. The Morgan fingerprint density at radius 2 is 1.80 bits per heavy atom. The normalized spacial score (nSPS) is 16.6. The molecule has 88 valence electrons. The van der Waals surface area contributed by atoms with Gasteiger partial charge in [-0.3, -0.25) is 9.59 Å². The molecule has 0 aromatic rings. The predicted molar refractivity (Wildman–Crippen MR) is 46.7 cm³/mol. The zero-order valence-electron chi connectivity index (χ0n) is 8.16. The molecule has 15 heavy (non-hydrogen) atoms. The zero-order valence-corrected chi connectivity index (χ0v) is 8.16. The molecular weight excluding hydrogens is 208 g/mol. The number of rotatable bonds is 6. The molecule has 0 radical (unpaired) electrons. The van der Waals surface area contributed by atoms with E-state index in [-0.39, 0.29) is 0 Å². The van der Waals surface area contributed by atoms with Gasteiger partial charge in [0.05, 0.1) is 6.61 Å². The van der Waals surface area contributed by atoms with Gasteiger partial charge in [-0.2, -0.15) is 0 Å². The third-order valence-corrected chi connectivity index (χ3v) is 1.65. The Kier molecular flexibility index (Phi) is 6.02. The summed E-state index contributed by atoms with van der Waals surface area (Å²) in [6, 6.07) is 0. The third kappa shape index (κ3) is 4.84. The Labute approximate surface area is 85.9 Å². The van der Waals surface area contributed by atoms with E-state index >= 15 is 0 Å². The van der Waals surface area contributed by atoms with Crippen molar-refractivity contribution >= 4 is 11.8 Å². The lowest BCUT2D eigenvalue weighted by atomic mass is 10.1. The van der Waals surface area contributed by atoms with Crippen molar-refractivity contribution < 1.29 is 34.8 Å². The lowest BCUT2D eigenvalue weighted by Crippen LogP contribution is -2.45. The molecule has 0 fully saturated rings. The Bertz CT molecular complexity index is 227. The largest absolute Gasteiger partial charge is 0.458 e. The van der Waals surface area contributed by atoms with E-state index in [1.54, 1.807) is 0 Å². The van der Waals surface area contributed by atoms with Gasteiger partial charge in [-0.1, -0.05) is 0 Å². The van der Waals surface area contributed by atoms with Crippen LogP contribution in [-0.2, 0) is 14.3 Å². The maximum Gasteiger partial charge on any atom is 0.303 e. The standard InChI is InChI=1S/C8H14O7/c1-4(10)15-3-6(12)8(14)7(13)5(11)2-9/h5,7-9,11,13-14H,2-3H2,1H3/t5-,7-,8-/m1/s1. The summed E-state index contributed by atoms with van der Waals surface area (Å²) in [5.41, 5.74) is 0. The highest BCUT2D eigenvalue weighted by Gasteiger charge is 2.30. The fourth-order valence-electron chi connectivity index (χ4n) is 0.767. The van der Waals surface area contributed by atoms with Crippen LogP contribution in [-0.4, -0.2) is 63.7 Å². The van der Waals surface area contributed by atoms with E-state index in [0.29, 0.717) is 0 Å². The minimum atomic E-state index is -1.90. The lowest BCUT2D eigenvalue weighted by Gasteiger charge is -2.20. The number of Topliss-reactive ketones (excluding diaryl/α,β-unsaturated/α-hetero) is 1. The molecule has 0 aliphatic carbocycles. The summed E-state index contributed by atoms with van der Waals surface area (Å²) < 4.78 is 4.28. The predicted octanol–water partition coefficient (Wildman–Crippen LogP) is -2.81. The second kappa shape index (κ2) is 6.46. The van der Waals surface area contributed by atoms with Crippen molar-refractivity contribution in [1.82, 2.24) is 0 Å². The van der Waals surface area contributed by atoms with Crippen molar-refractivity contribution in [3.05, 3.63) is 0 Å². The van der Waals surface area contributed by atoms with E-state index in [2.05, 4.69) is 4.74 Å². The maximum absolute atomic E-state index is 11.0. The Morgan fingerprint density at radius 3 is 2.20 bits per heavy atom. The minimum Gasteiger partial charge on any atom is -0.458 e. The Morgan fingerprint density at radius 1 is 1.27 bits per heavy atom. The van der Waals surface area contributed by atoms with E-state index in [1.807, 2.05) is 0 Å². The van der Waals surface area contributed by atoms with Crippen molar-refractivity contribution in [1.29, 1.82) is 0 Å². The van der Waals surface area contributed by atoms with E-state index in [1.165, 1.54) is 0 Å². The molecular formula is C8H14O7. The number of esters is 1. The molecule has 0 spiro atoms. The van der Waals surface area contributed by atoms with Gasteiger partial charge in [0.25, 0.3) is 0 Å². The molecule has 0 unspecified atom stereocenters. The van der Waals surface area contributed by atoms with Crippen LogP contribution >= 0.6 is 0 Å². The van der Waals surface area contributed by atoms with Gasteiger partial charge in [0, 0.05) is 6.92 Å². The summed E-state index contributed by atoms with van der Waals surface area (Å²) >= 11 is 0. The van der Waals surface area contributed by atoms with Gasteiger partial charge >= 0.3 is 5.97 Å². The highest BCUT2D eigenvalue weighted by molar-refractivity contribution is 5.86. The summed E-state index contributed by atoms with van der Waals surface area (Å²) in [5.74, 6) is -1.65. The van der Waals surface area contributed by atoms with Crippen LogP contribution in [0.15, 0.2) is 0 Å². The van der Waals surface area contributed by atoms with Gasteiger partial charge in [0.2, 0.25) is 5.78 Å². The summed E-state index contributed by atoms with van der Waals surface area (Å²) in [6.07, 6.45) is -5.33. The van der Waals surface area contributed by atoms with Crippen LogP contribution in [0.4, 0.5) is 0 Å². The lowest BCUT2D eigenvalue weighted by molar-refractivity contribution is -0.153. The van der Waals surface area contributed by atoms with Gasteiger partial charge in [-0.15, -0.1) is 0 Å². The quantitative estimate of drug-likeness (QED) is 0.357. The zero-order chi connectivity index (χ0) is 12.0. The molecule has 3 atom stereocenters. The van der Waals surface area contributed by atoms with E-state index in [9.17, 15) is 9.59 Å². The average Bonchev–Trinajstić information content (AvgIpc) is 2.22. The molecule has 0 saturated carbocycles. The van der Waals surface area contributed by atoms with Crippen LogP contribution in [0.1, 0.15) is 6.92 Å². The highest BCUT2D eigenvalue weighted by atomic mass is 16.5. The summed E-state index contributed by atoms with van der Waals surface area (Å²) in [4.78, 5) is 21.4. The first kappa shape index (κ1) is 14.0. The monoisotopic (exact) mass is 222 g/mol. The molecule has 0 bridgehead atoms. The van der Waals surface area contributed by atoms with Gasteiger partial charge in [-0.25, -0.2) is 0 Å². The summed E-state index contributed by atoms with van der Waals surface area (Å²) in [6.45, 7) is -0.399. The molecule has 0 amide bonds. The average molecular weight is 222 g/mol. The van der Waals surface area contributed by atoms with Crippen LogP contribution < -0.4 is 0 Å². The minimum absolute atomic E-state index is 0.689. The first-order valence-corrected chi connectivity index (χ1v) is 4.21. The highest BCUT2D eigenvalue weighted by Crippen LogP contribution is 2.01. The maximum atomic E-state index is 11.0. The molecule has 0 saturated heterocycles. The van der Waals surface area contributed by atoms with Gasteiger partial charge in [0.1, 0.15) is 18.3 Å². The molecule has 0 heterocycles. The van der Waals surface area contributed by atoms with Crippen molar-refractivity contribution in [2.75, 3.05) is 13.2 Å². The fraction of sp³-hybridized carbons (Fsp3) is 0.750. The Hall–Kier alpha value is -1.02. The molecule has 0 aliphatic heterocycles. The molecule has 0 aliphatic rings. The van der Waals surface area contributed by atoms with Gasteiger partial charge in [0.15, 0.2) is 6.61 Å². The number of ketones is 1. The van der Waals surface area contributed by atoms with Crippen molar-refractivity contribution in [3.8, 4) is 0 Å². The number of hydrogen-bond acceptors (Lipinski definition) is 7. The molecule has 4 N–H and O–H groups in total. The number of carbonyl (C=O) groups excluding carboxylic acids is 2. The second-order valence-electron chi connectivity index (χ2n) is 2.93. The van der Waals surface area contributed by atoms with Crippen LogP contribution in [0, 0.1) is 0 Å². The molecule has 0 rings (SSSR count). The third-order valence-electron chi connectivity index (χ3n) is 1.65. The SMILES string of the molecule is CC(=O)OCC(=O)[C@@H](O)[C@H](O)[C@H](O)CO. The van der Waals surface area contributed by atoms with Crippen molar-refractivity contribution in [3.63, 3.8) is 0 Å². The molecule has 7 nitrogen and oxygen atoms in total. The van der Waals surface area contributed by atoms with E-state index < -0.39 is 43.3 Å². The number of hydrogen-bond donors (Lipinski definition) is 4. The van der Waals surface area contributed by atoms with Crippen molar-refractivity contribution in [2.24, 2.45) is 0 Å². The first-order chi connectivity index (χ1) is 6.90. The topological polar surface area (TPSA) is 124 Å². The van der Waals surface area contributed by atoms with E-state index in [0.717, 1.165) is 6.92 Å². The molecule has 0 aromatic carbocycles. The number of ether oxygens (including phenoxy) is 1. The van der Waals surface area contributed by atoms with Crippen LogP contribution in [0.2, 0.25) is 0 Å². The van der Waals surface area contributed by atoms with E-state index in [4.69, 9.17) is 20.4 Å². The first-order valence-electron chi connectivity index (χ1n) is 4.21. The summed E-state index contributed by atoms with van der Waals surface area (Å²) in [5, 5.41) is 35.6. The molecule has 0 aromatic heterocycles.